The molecule has 0 saturated carbocycles. The van der Waals surface area contributed by atoms with Crippen molar-refractivity contribution in [3.05, 3.63) is 0 Å². The summed E-state index contributed by atoms with van der Waals surface area (Å²) in [6, 6.07) is 0. The molecule has 0 unspecified atom stereocenters. The maximum absolute atomic E-state index is 3.46. The highest BCUT2D eigenvalue weighted by atomic mass is 15.1. The van der Waals surface area contributed by atoms with E-state index in [0.29, 0.717) is 5.41 Å². The number of nitrogens with zero attached hydrogens (tertiary/aromatic N) is 1. The van der Waals surface area contributed by atoms with E-state index in [1.807, 2.05) is 0 Å². The van der Waals surface area contributed by atoms with Crippen molar-refractivity contribution in [3.63, 3.8) is 0 Å². The molecule has 0 aliphatic heterocycles. The van der Waals surface area contributed by atoms with Gasteiger partial charge in [-0.25, -0.2) is 0 Å². The van der Waals surface area contributed by atoms with Crippen molar-refractivity contribution in [2.24, 2.45) is 5.41 Å². The van der Waals surface area contributed by atoms with Gasteiger partial charge in [-0.05, 0) is 51.4 Å². The summed E-state index contributed by atoms with van der Waals surface area (Å²) in [6.45, 7) is 14.0. The van der Waals surface area contributed by atoms with E-state index in [0.717, 1.165) is 0 Å². The molecule has 0 aliphatic carbocycles. The Morgan fingerprint density at radius 3 is 2.18 bits per heavy atom. The summed E-state index contributed by atoms with van der Waals surface area (Å²) in [4.78, 5) is 2.47. The smallest absolute Gasteiger partial charge is 0.00270 e. The van der Waals surface area contributed by atoms with Gasteiger partial charge in [0.15, 0.2) is 0 Å². The summed E-state index contributed by atoms with van der Waals surface area (Å²) in [5, 5.41) is 3.46. The zero-order valence-corrected chi connectivity index (χ0v) is 12.8. The van der Waals surface area contributed by atoms with Gasteiger partial charge in [-0.1, -0.05) is 40.5 Å². The normalized spacial score (nSPS) is 12.4. The molecule has 0 aromatic heterocycles. The summed E-state index contributed by atoms with van der Waals surface area (Å²) in [5.74, 6) is 0. The molecule has 2 nitrogen and oxygen atoms in total. The minimum absolute atomic E-state index is 0.429. The minimum atomic E-state index is 0.429. The highest BCUT2D eigenvalue weighted by Crippen LogP contribution is 2.14. The first-order valence-electron chi connectivity index (χ1n) is 7.35. The van der Waals surface area contributed by atoms with Gasteiger partial charge in [0.25, 0.3) is 0 Å². The minimum Gasteiger partial charge on any atom is -0.317 e. The maximum atomic E-state index is 3.46. The Bertz CT molecular complexity index is 161. The Morgan fingerprint density at radius 1 is 0.941 bits per heavy atom. The second-order valence-electron chi connectivity index (χ2n) is 6.46. The first-order valence-corrected chi connectivity index (χ1v) is 7.35. The van der Waals surface area contributed by atoms with Crippen molar-refractivity contribution in [1.82, 2.24) is 10.2 Å². The Morgan fingerprint density at radius 2 is 1.59 bits per heavy atom. The largest absolute Gasteiger partial charge is 0.317 e. The SMILES string of the molecule is CCCNCCCCCCN(C)CC(C)(C)C. The van der Waals surface area contributed by atoms with Crippen molar-refractivity contribution in [3.8, 4) is 0 Å². The number of rotatable bonds is 10. The van der Waals surface area contributed by atoms with Crippen molar-refractivity contribution in [2.45, 2.75) is 59.8 Å². The van der Waals surface area contributed by atoms with E-state index in [9.17, 15) is 0 Å². The second-order valence-corrected chi connectivity index (χ2v) is 6.46. The molecule has 0 aromatic carbocycles. The summed E-state index contributed by atoms with van der Waals surface area (Å²) in [5.41, 5.74) is 0.429. The van der Waals surface area contributed by atoms with Crippen LogP contribution >= 0.6 is 0 Å². The third-order valence-electron chi connectivity index (χ3n) is 2.81. The van der Waals surface area contributed by atoms with Crippen LogP contribution in [0.25, 0.3) is 0 Å². The highest BCUT2D eigenvalue weighted by molar-refractivity contribution is 4.66. The molecule has 0 amide bonds. The van der Waals surface area contributed by atoms with E-state index < -0.39 is 0 Å². The lowest BCUT2D eigenvalue weighted by atomic mass is 9.96. The predicted octanol–water partition coefficient (Wildman–Crippen LogP) is 3.52. The first-order chi connectivity index (χ1) is 7.95. The molecule has 0 bridgehead atoms. The zero-order valence-electron chi connectivity index (χ0n) is 12.8. The maximum Gasteiger partial charge on any atom is 0.00270 e. The van der Waals surface area contributed by atoms with Crippen LogP contribution in [0, 0.1) is 5.41 Å². The van der Waals surface area contributed by atoms with Crippen LogP contribution in [0.1, 0.15) is 59.8 Å². The molecule has 0 saturated heterocycles. The van der Waals surface area contributed by atoms with Gasteiger partial charge in [0.05, 0.1) is 0 Å². The van der Waals surface area contributed by atoms with Gasteiger partial charge < -0.3 is 10.2 Å². The van der Waals surface area contributed by atoms with Gasteiger partial charge in [0, 0.05) is 6.54 Å². The number of hydrogen-bond donors (Lipinski definition) is 1. The van der Waals surface area contributed by atoms with E-state index in [4.69, 9.17) is 0 Å². The molecule has 17 heavy (non-hydrogen) atoms. The molecule has 0 aromatic rings. The van der Waals surface area contributed by atoms with E-state index in [-0.39, 0.29) is 0 Å². The molecule has 0 fully saturated rings. The zero-order chi connectivity index (χ0) is 13.1. The van der Waals surface area contributed by atoms with E-state index in [2.05, 4.69) is 45.0 Å². The Balaban J connectivity index is 3.22. The van der Waals surface area contributed by atoms with Crippen LogP contribution in [-0.4, -0.2) is 38.1 Å². The molecular formula is C15H34N2. The molecule has 0 rings (SSSR count). The fraction of sp³-hybridized carbons (Fsp3) is 1.00. The molecule has 0 atom stereocenters. The van der Waals surface area contributed by atoms with Gasteiger partial charge in [0.1, 0.15) is 0 Å². The lowest BCUT2D eigenvalue weighted by Gasteiger charge is -2.26. The van der Waals surface area contributed by atoms with E-state index in [1.54, 1.807) is 0 Å². The average Bonchev–Trinajstić information content (AvgIpc) is 2.19. The second kappa shape index (κ2) is 9.90. The molecule has 104 valence electrons. The number of hydrogen-bond acceptors (Lipinski definition) is 2. The summed E-state index contributed by atoms with van der Waals surface area (Å²) < 4.78 is 0. The van der Waals surface area contributed by atoms with Gasteiger partial charge in [-0.15, -0.1) is 0 Å². The standard InChI is InChI=1S/C15H34N2/c1-6-11-16-12-9-7-8-10-13-17(5)14-15(2,3)4/h16H,6-14H2,1-5H3. The molecule has 0 aliphatic rings. The third-order valence-corrected chi connectivity index (χ3v) is 2.81. The van der Waals surface area contributed by atoms with Gasteiger partial charge in [-0.3, -0.25) is 0 Å². The van der Waals surface area contributed by atoms with Gasteiger partial charge in [-0.2, -0.15) is 0 Å². The molecule has 1 N–H and O–H groups in total. The van der Waals surface area contributed by atoms with E-state index in [1.165, 1.54) is 58.3 Å². The predicted molar refractivity (Wildman–Crippen MR) is 78.6 cm³/mol. The first kappa shape index (κ1) is 16.9. The van der Waals surface area contributed by atoms with Crippen LogP contribution in [0.2, 0.25) is 0 Å². The lowest BCUT2D eigenvalue weighted by molar-refractivity contribution is 0.223. The van der Waals surface area contributed by atoms with Gasteiger partial charge in [0.2, 0.25) is 0 Å². The van der Waals surface area contributed by atoms with Crippen LogP contribution in [0.4, 0.5) is 0 Å². The molecule has 0 heterocycles. The van der Waals surface area contributed by atoms with Gasteiger partial charge >= 0.3 is 0 Å². The van der Waals surface area contributed by atoms with E-state index >= 15 is 0 Å². The summed E-state index contributed by atoms with van der Waals surface area (Å²) in [6.07, 6.45) is 6.68. The monoisotopic (exact) mass is 242 g/mol. The van der Waals surface area contributed by atoms with Crippen LogP contribution < -0.4 is 5.32 Å². The third kappa shape index (κ3) is 13.9. The van der Waals surface area contributed by atoms with Crippen LogP contribution in [0.5, 0.6) is 0 Å². The fourth-order valence-corrected chi connectivity index (χ4v) is 2.18. The Kier molecular flexibility index (Phi) is 9.85. The molecular weight excluding hydrogens is 208 g/mol. The Hall–Kier alpha value is -0.0800. The lowest BCUT2D eigenvalue weighted by Crippen LogP contribution is -2.30. The fourth-order valence-electron chi connectivity index (χ4n) is 2.18. The quantitative estimate of drug-likeness (QED) is 0.590. The highest BCUT2D eigenvalue weighted by Gasteiger charge is 2.12. The molecule has 0 spiro atoms. The number of nitrogens with one attached hydrogen (secondary N) is 1. The van der Waals surface area contributed by atoms with Crippen LogP contribution in [0.3, 0.4) is 0 Å². The number of unbranched alkanes of at least 4 members (excludes halogenated alkanes) is 3. The van der Waals surface area contributed by atoms with Crippen molar-refractivity contribution in [2.75, 3.05) is 33.2 Å². The van der Waals surface area contributed by atoms with Crippen LogP contribution in [-0.2, 0) is 0 Å². The van der Waals surface area contributed by atoms with Crippen molar-refractivity contribution in [1.29, 1.82) is 0 Å². The van der Waals surface area contributed by atoms with Crippen molar-refractivity contribution < 1.29 is 0 Å². The summed E-state index contributed by atoms with van der Waals surface area (Å²) >= 11 is 0. The molecule has 0 radical (unpaired) electrons. The average molecular weight is 242 g/mol. The van der Waals surface area contributed by atoms with Crippen LogP contribution in [0.15, 0.2) is 0 Å². The van der Waals surface area contributed by atoms with Crippen molar-refractivity contribution >= 4 is 0 Å². The topological polar surface area (TPSA) is 15.3 Å². The summed E-state index contributed by atoms with van der Waals surface area (Å²) in [7, 11) is 2.24. The Labute approximate surface area is 109 Å². The molecule has 2 heteroatoms.